The number of aliphatic hydroxyl groups excluding tert-OH is 1. The third kappa shape index (κ3) is 3.91. The largest absolute Gasteiger partial charge is 0.393 e. The van der Waals surface area contributed by atoms with E-state index >= 15 is 0 Å². The Labute approximate surface area is 186 Å². The molecule has 1 saturated carbocycles. The molecule has 0 bridgehead atoms. The van der Waals surface area contributed by atoms with Crippen molar-refractivity contribution in [2.24, 2.45) is 0 Å². The summed E-state index contributed by atoms with van der Waals surface area (Å²) in [6.45, 7) is 2.00. The number of anilines is 1. The summed E-state index contributed by atoms with van der Waals surface area (Å²) in [6.07, 6.45) is 7.05. The van der Waals surface area contributed by atoms with Crippen molar-refractivity contribution in [3.63, 3.8) is 0 Å². The van der Waals surface area contributed by atoms with Crippen LogP contribution >= 0.6 is 11.6 Å². The summed E-state index contributed by atoms with van der Waals surface area (Å²) >= 11 is 6.43. The van der Waals surface area contributed by atoms with Crippen LogP contribution in [-0.4, -0.2) is 31.8 Å². The van der Waals surface area contributed by atoms with Crippen LogP contribution in [-0.2, 0) is 0 Å². The van der Waals surface area contributed by atoms with Crippen LogP contribution in [0.15, 0.2) is 61.1 Å². The van der Waals surface area contributed by atoms with E-state index in [9.17, 15) is 5.11 Å². The second-order valence-corrected chi connectivity index (χ2v) is 8.69. The quantitative estimate of drug-likeness (QED) is 0.430. The van der Waals surface area contributed by atoms with Crippen molar-refractivity contribution in [1.29, 1.82) is 0 Å². The fourth-order valence-corrected chi connectivity index (χ4v) is 4.52. The van der Waals surface area contributed by atoms with Gasteiger partial charge in [0.25, 0.3) is 0 Å². The Morgan fingerprint density at radius 3 is 2.55 bits per heavy atom. The average molecular weight is 433 g/mol. The molecule has 0 saturated heterocycles. The lowest BCUT2D eigenvalue weighted by molar-refractivity contribution is 0.126. The molecule has 2 heterocycles. The summed E-state index contributed by atoms with van der Waals surface area (Å²) in [5, 5.41) is 15.2. The average Bonchev–Trinajstić information content (AvgIpc) is 3.19. The Morgan fingerprint density at radius 2 is 1.81 bits per heavy atom. The molecular weight excluding hydrogens is 408 g/mol. The van der Waals surface area contributed by atoms with Gasteiger partial charge in [0.2, 0.25) is 0 Å². The van der Waals surface area contributed by atoms with Gasteiger partial charge >= 0.3 is 0 Å². The van der Waals surface area contributed by atoms with Crippen LogP contribution in [0, 0.1) is 6.92 Å². The minimum absolute atomic E-state index is 0.185. The maximum atomic E-state index is 9.86. The van der Waals surface area contributed by atoms with E-state index < -0.39 is 0 Å². The van der Waals surface area contributed by atoms with E-state index in [4.69, 9.17) is 11.6 Å². The molecular formula is C25H25ClN4O. The predicted octanol–water partition coefficient (Wildman–Crippen LogP) is 5.76. The maximum absolute atomic E-state index is 9.86. The second-order valence-electron chi connectivity index (χ2n) is 8.28. The molecule has 0 amide bonds. The van der Waals surface area contributed by atoms with Gasteiger partial charge in [-0.25, -0.2) is 9.97 Å². The zero-order valence-corrected chi connectivity index (χ0v) is 18.2. The zero-order chi connectivity index (χ0) is 21.4. The standard InChI is InChI=1S/C25H25ClN4O/c1-16-7-10-19(13-22(16)26)30-14-21(17-5-3-2-4-6-17)23-24(27-15-28-25(23)30)29-18-8-11-20(31)12-9-18/h2-7,10,13-15,18,20,31H,8-9,11-12H2,1H3,(H,27,28,29)/t18-,20-. The van der Waals surface area contributed by atoms with Gasteiger partial charge in [0.1, 0.15) is 12.1 Å². The number of hydrogen-bond acceptors (Lipinski definition) is 4. The monoisotopic (exact) mass is 432 g/mol. The van der Waals surface area contributed by atoms with Crippen molar-refractivity contribution in [2.75, 3.05) is 5.32 Å². The van der Waals surface area contributed by atoms with E-state index in [0.717, 1.165) is 69.9 Å². The van der Waals surface area contributed by atoms with Crippen molar-refractivity contribution in [1.82, 2.24) is 14.5 Å². The number of fused-ring (bicyclic) bond motifs is 1. The normalized spacial score (nSPS) is 18.9. The Kier molecular flexibility index (Phi) is 5.38. The summed E-state index contributed by atoms with van der Waals surface area (Å²) in [4.78, 5) is 9.27. The molecule has 1 aliphatic rings. The zero-order valence-electron chi connectivity index (χ0n) is 17.4. The Hall–Kier alpha value is -2.89. The number of benzene rings is 2. The lowest BCUT2D eigenvalue weighted by Gasteiger charge is -2.26. The van der Waals surface area contributed by atoms with Crippen LogP contribution in [0.1, 0.15) is 31.2 Å². The molecule has 0 spiro atoms. The van der Waals surface area contributed by atoms with Gasteiger partial charge in [-0.1, -0.05) is 48.0 Å². The lowest BCUT2D eigenvalue weighted by atomic mass is 9.93. The summed E-state index contributed by atoms with van der Waals surface area (Å²) in [6, 6.07) is 16.7. The van der Waals surface area contributed by atoms with Gasteiger partial charge in [0.05, 0.1) is 11.5 Å². The highest BCUT2D eigenvalue weighted by atomic mass is 35.5. The number of aromatic nitrogens is 3. The van der Waals surface area contributed by atoms with E-state index in [0.29, 0.717) is 6.04 Å². The molecule has 2 aromatic carbocycles. The fraction of sp³-hybridized carbons (Fsp3) is 0.280. The second kappa shape index (κ2) is 8.33. The number of aliphatic hydroxyl groups is 1. The molecule has 31 heavy (non-hydrogen) atoms. The molecule has 2 N–H and O–H groups in total. The Morgan fingerprint density at radius 1 is 1.03 bits per heavy atom. The predicted molar refractivity (Wildman–Crippen MR) is 126 cm³/mol. The van der Waals surface area contributed by atoms with Crippen LogP contribution < -0.4 is 5.32 Å². The smallest absolute Gasteiger partial charge is 0.150 e. The van der Waals surface area contributed by atoms with E-state index in [1.54, 1.807) is 6.33 Å². The van der Waals surface area contributed by atoms with Gasteiger partial charge in [-0.2, -0.15) is 0 Å². The van der Waals surface area contributed by atoms with Crippen LogP contribution in [0.3, 0.4) is 0 Å². The summed E-state index contributed by atoms with van der Waals surface area (Å²) in [7, 11) is 0. The van der Waals surface area contributed by atoms with Gasteiger partial charge < -0.3 is 15.0 Å². The molecule has 5 nitrogen and oxygen atoms in total. The molecule has 0 radical (unpaired) electrons. The highest BCUT2D eigenvalue weighted by Crippen LogP contribution is 2.36. The van der Waals surface area contributed by atoms with Crippen molar-refractivity contribution in [3.8, 4) is 16.8 Å². The third-order valence-corrected chi connectivity index (χ3v) is 6.55. The first-order chi connectivity index (χ1) is 15.1. The highest BCUT2D eigenvalue weighted by Gasteiger charge is 2.23. The van der Waals surface area contributed by atoms with Gasteiger partial charge in [-0.15, -0.1) is 0 Å². The van der Waals surface area contributed by atoms with Gasteiger partial charge in [-0.3, -0.25) is 0 Å². The first-order valence-corrected chi connectivity index (χ1v) is 11.1. The maximum Gasteiger partial charge on any atom is 0.150 e. The fourth-order valence-electron chi connectivity index (χ4n) is 4.35. The molecule has 1 fully saturated rings. The molecule has 1 aliphatic carbocycles. The van der Waals surface area contributed by atoms with Crippen LogP contribution in [0.5, 0.6) is 0 Å². The van der Waals surface area contributed by atoms with Crippen LogP contribution in [0.2, 0.25) is 5.02 Å². The van der Waals surface area contributed by atoms with E-state index in [1.807, 2.05) is 37.3 Å². The Bertz CT molecular complexity index is 1210. The SMILES string of the molecule is Cc1ccc(-n2cc(-c3ccccc3)c3c(N[C@H]4CC[C@H](O)CC4)ncnc32)cc1Cl. The molecule has 5 rings (SSSR count). The minimum atomic E-state index is -0.185. The first kappa shape index (κ1) is 20.0. The minimum Gasteiger partial charge on any atom is -0.393 e. The van der Waals surface area contributed by atoms with Crippen molar-refractivity contribution in [2.45, 2.75) is 44.8 Å². The van der Waals surface area contributed by atoms with E-state index in [2.05, 4.69) is 44.2 Å². The number of nitrogens with one attached hydrogen (secondary N) is 1. The number of aryl methyl sites for hydroxylation is 1. The van der Waals surface area contributed by atoms with Gasteiger partial charge in [0.15, 0.2) is 5.65 Å². The van der Waals surface area contributed by atoms with Gasteiger partial charge in [0, 0.05) is 28.5 Å². The number of hydrogen-bond donors (Lipinski definition) is 2. The molecule has 6 heteroatoms. The van der Waals surface area contributed by atoms with E-state index in [-0.39, 0.29) is 6.10 Å². The van der Waals surface area contributed by atoms with Crippen molar-refractivity contribution in [3.05, 3.63) is 71.6 Å². The first-order valence-electron chi connectivity index (χ1n) is 10.7. The Balaban J connectivity index is 1.66. The highest BCUT2D eigenvalue weighted by molar-refractivity contribution is 6.31. The van der Waals surface area contributed by atoms with Gasteiger partial charge in [-0.05, 0) is 55.9 Å². The van der Waals surface area contributed by atoms with Crippen molar-refractivity contribution < 1.29 is 5.11 Å². The number of rotatable bonds is 4. The number of halogens is 1. The van der Waals surface area contributed by atoms with Crippen molar-refractivity contribution >= 4 is 28.5 Å². The molecule has 0 unspecified atom stereocenters. The molecule has 158 valence electrons. The molecule has 2 aromatic heterocycles. The summed E-state index contributed by atoms with van der Waals surface area (Å²) in [5.74, 6) is 0.835. The summed E-state index contributed by atoms with van der Waals surface area (Å²) in [5.41, 5.74) is 5.04. The molecule has 0 atom stereocenters. The third-order valence-electron chi connectivity index (χ3n) is 6.14. The topological polar surface area (TPSA) is 63.0 Å². The molecule has 4 aromatic rings. The summed E-state index contributed by atoms with van der Waals surface area (Å²) < 4.78 is 2.08. The van der Waals surface area contributed by atoms with Crippen LogP contribution in [0.25, 0.3) is 27.8 Å². The number of nitrogens with zero attached hydrogens (tertiary/aromatic N) is 3. The van der Waals surface area contributed by atoms with Crippen LogP contribution in [0.4, 0.5) is 5.82 Å². The van der Waals surface area contributed by atoms with E-state index in [1.165, 1.54) is 0 Å². The molecule has 0 aliphatic heterocycles. The lowest BCUT2D eigenvalue weighted by Crippen LogP contribution is -2.28.